The van der Waals surface area contributed by atoms with Crippen LogP contribution in [0.3, 0.4) is 0 Å². The zero-order chi connectivity index (χ0) is 12.1. The normalized spacial score (nSPS) is 12.8. The maximum Gasteiger partial charge on any atom is 0.375 e. The Hall–Kier alpha value is -1.36. The molecule has 1 atom stereocenters. The highest BCUT2D eigenvalue weighted by atomic mass is 16.5. The lowest BCUT2D eigenvalue weighted by Crippen LogP contribution is -2.13. The summed E-state index contributed by atoms with van der Waals surface area (Å²) >= 11 is 0. The van der Waals surface area contributed by atoms with Crippen LogP contribution in [-0.4, -0.2) is 17.6 Å². The molecule has 0 saturated carbocycles. The predicted octanol–water partition coefficient (Wildman–Crippen LogP) is 1.90. The summed E-state index contributed by atoms with van der Waals surface area (Å²) in [5, 5.41) is 0. The first-order valence-electron chi connectivity index (χ1n) is 5.43. The molecule has 0 fully saturated rings. The summed E-state index contributed by atoms with van der Waals surface area (Å²) in [4.78, 5) is 15.3. The molecule has 16 heavy (non-hydrogen) atoms. The fraction of sp³-hybridized carbons (Fsp3) is 0.636. The van der Waals surface area contributed by atoms with Crippen molar-refractivity contribution in [2.75, 3.05) is 6.61 Å². The van der Waals surface area contributed by atoms with Gasteiger partial charge in [0.15, 0.2) is 0 Å². The maximum absolute atomic E-state index is 11.3. The highest BCUT2D eigenvalue weighted by molar-refractivity contribution is 5.85. The summed E-state index contributed by atoms with van der Waals surface area (Å²) in [6.45, 7) is 6.18. The van der Waals surface area contributed by atoms with Gasteiger partial charge in [-0.1, -0.05) is 13.8 Å². The Bertz CT molecular complexity index is 347. The molecule has 1 rings (SSSR count). The van der Waals surface area contributed by atoms with Crippen LogP contribution in [0.25, 0.3) is 0 Å². The summed E-state index contributed by atoms with van der Waals surface area (Å²) in [5.74, 6) is 0.443. The Kier molecular flexibility index (Phi) is 4.49. The lowest BCUT2D eigenvalue weighted by Gasteiger charge is -2.09. The first kappa shape index (κ1) is 12.7. The Morgan fingerprint density at radius 1 is 1.62 bits per heavy atom. The van der Waals surface area contributed by atoms with Crippen molar-refractivity contribution in [3.8, 4) is 0 Å². The van der Waals surface area contributed by atoms with E-state index in [4.69, 9.17) is 14.9 Å². The fourth-order valence-electron chi connectivity index (χ4n) is 1.36. The van der Waals surface area contributed by atoms with Gasteiger partial charge in [-0.15, -0.1) is 0 Å². The number of nitrogens with zero attached hydrogens (tertiary/aromatic N) is 1. The van der Waals surface area contributed by atoms with Gasteiger partial charge in [0.05, 0.1) is 18.8 Å². The fourth-order valence-corrected chi connectivity index (χ4v) is 1.36. The van der Waals surface area contributed by atoms with Gasteiger partial charge in [0, 0.05) is 0 Å². The van der Waals surface area contributed by atoms with E-state index in [2.05, 4.69) is 18.8 Å². The molecule has 5 nitrogen and oxygen atoms in total. The van der Waals surface area contributed by atoms with E-state index in [-0.39, 0.29) is 11.8 Å². The third-order valence-corrected chi connectivity index (χ3v) is 2.04. The van der Waals surface area contributed by atoms with Crippen molar-refractivity contribution in [2.45, 2.75) is 33.2 Å². The number of carbonyl (C=O) groups excluding carboxylic acids is 1. The minimum atomic E-state index is -0.502. The Balaban J connectivity index is 2.67. The highest BCUT2D eigenvalue weighted by Crippen LogP contribution is 2.18. The van der Waals surface area contributed by atoms with Crippen molar-refractivity contribution < 1.29 is 13.9 Å². The monoisotopic (exact) mass is 226 g/mol. The van der Waals surface area contributed by atoms with Crippen LogP contribution >= 0.6 is 0 Å². The third-order valence-electron chi connectivity index (χ3n) is 2.04. The lowest BCUT2D eigenvalue weighted by molar-refractivity contribution is 0.0487. The van der Waals surface area contributed by atoms with Gasteiger partial charge in [-0.2, -0.15) is 0 Å². The van der Waals surface area contributed by atoms with Gasteiger partial charge in [-0.3, -0.25) is 0 Å². The minimum Gasteiger partial charge on any atom is -0.460 e. The number of hydrogen-bond donors (Lipinski definition) is 1. The van der Waals surface area contributed by atoms with E-state index in [1.54, 1.807) is 6.92 Å². The first-order valence-corrected chi connectivity index (χ1v) is 5.43. The molecule has 0 aromatic carbocycles. The molecule has 0 unspecified atom stereocenters. The van der Waals surface area contributed by atoms with Gasteiger partial charge >= 0.3 is 5.97 Å². The molecule has 0 radical (unpaired) electrons. The molecule has 0 amide bonds. The molecule has 1 heterocycles. The largest absolute Gasteiger partial charge is 0.460 e. The second-order valence-corrected chi connectivity index (χ2v) is 4.02. The van der Waals surface area contributed by atoms with Crippen molar-refractivity contribution in [2.24, 2.45) is 11.7 Å². The molecule has 0 aliphatic carbocycles. The number of carbonyl (C=O) groups is 1. The van der Waals surface area contributed by atoms with E-state index in [0.717, 1.165) is 6.42 Å². The zero-order valence-electron chi connectivity index (χ0n) is 9.90. The number of aromatic nitrogens is 1. The van der Waals surface area contributed by atoms with Crippen LogP contribution < -0.4 is 5.73 Å². The highest BCUT2D eigenvalue weighted by Gasteiger charge is 2.18. The van der Waals surface area contributed by atoms with Crippen LogP contribution in [0.5, 0.6) is 0 Å². The average Bonchev–Trinajstić information content (AvgIpc) is 2.65. The van der Waals surface area contributed by atoms with E-state index >= 15 is 0 Å². The van der Waals surface area contributed by atoms with Crippen LogP contribution in [-0.2, 0) is 4.74 Å². The Labute approximate surface area is 95.0 Å². The van der Waals surface area contributed by atoms with Crippen LogP contribution in [0.2, 0.25) is 0 Å². The molecule has 0 aliphatic rings. The van der Waals surface area contributed by atoms with Gasteiger partial charge in [-0.05, 0) is 19.3 Å². The minimum absolute atomic E-state index is 0.107. The molecule has 0 saturated heterocycles. The maximum atomic E-state index is 11.3. The number of rotatable bonds is 5. The van der Waals surface area contributed by atoms with Gasteiger partial charge < -0.3 is 14.9 Å². The van der Waals surface area contributed by atoms with Crippen LogP contribution in [0, 0.1) is 5.92 Å². The summed E-state index contributed by atoms with van der Waals surface area (Å²) in [6, 6.07) is -0.275. The molecule has 1 aromatic rings. The van der Waals surface area contributed by atoms with Gasteiger partial charge in [0.25, 0.3) is 0 Å². The smallest absolute Gasteiger partial charge is 0.375 e. The van der Waals surface area contributed by atoms with Gasteiger partial charge in [0.1, 0.15) is 0 Å². The summed E-state index contributed by atoms with van der Waals surface area (Å²) in [7, 11) is 0. The van der Waals surface area contributed by atoms with Crippen LogP contribution in [0.1, 0.15) is 49.7 Å². The second-order valence-electron chi connectivity index (χ2n) is 4.02. The SMILES string of the molecule is CCOC(=O)c1cnc([C@@H](N)CC(C)C)o1. The predicted molar refractivity (Wildman–Crippen MR) is 58.8 cm³/mol. The number of ether oxygens (including phenoxy) is 1. The van der Waals surface area contributed by atoms with E-state index in [0.29, 0.717) is 18.4 Å². The topological polar surface area (TPSA) is 78.3 Å². The van der Waals surface area contributed by atoms with Crippen molar-refractivity contribution in [3.63, 3.8) is 0 Å². The van der Waals surface area contributed by atoms with E-state index in [9.17, 15) is 4.79 Å². The summed E-state index contributed by atoms with van der Waals surface area (Å²) in [6.07, 6.45) is 2.12. The molecule has 2 N–H and O–H groups in total. The molecule has 0 spiro atoms. The Morgan fingerprint density at radius 3 is 2.88 bits per heavy atom. The van der Waals surface area contributed by atoms with Gasteiger partial charge in [0.2, 0.25) is 11.7 Å². The number of hydrogen-bond acceptors (Lipinski definition) is 5. The average molecular weight is 226 g/mol. The van der Waals surface area contributed by atoms with Gasteiger partial charge in [-0.25, -0.2) is 9.78 Å². The standard InChI is InChI=1S/C11H18N2O3/c1-4-15-11(14)9-6-13-10(16-9)8(12)5-7(2)3/h6-8H,4-5,12H2,1-3H3/t8-/m0/s1. The summed E-state index contributed by atoms with van der Waals surface area (Å²) in [5.41, 5.74) is 5.88. The molecule has 0 aliphatic heterocycles. The number of oxazole rings is 1. The van der Waals surface area contributed by atoms with Crippen molar-refractivity contribution >= 4 is 5.97 Å². The van der Waals surface area contributed by atoms with Crippen LogP contribution in [0.4, 0.5) is 0 Å². The van der Waals surface area contributed by atoms with Crippen molar-refractivity contribution in [1.29, 1.82) is 0 Å². The van der Waals surface area contributed by atoms with E-state index in [1.165, 1.54) is 6.20 Å². The molecule has 0 bridgehead atoms. The zero-order valence-corrected chi connectivity index (χ0v) is 9.90. The Morgan fingerprint density at radius 2 is 2.31 bits per heavy atom. The first-order chi connectivity index (χ1) is 7.54. The molecule has 5 heteroatoms. The van der Waals surface area contributed by atoms with Crippen molar-refractivity contribution in [3.05, 3.63) is 17.8 Å². The van der Waals surface area contributed by atoms with Crippen molar-refractivity contribution in [1.82, 2.24) is 4.98 Å². The molecular weight excluding hydrogens is 208 g/mol. The molecule has 1 aromatic heterocycles. The molecule has 90 valence electrons. The lowest BCUT2D eigenvalue weighted by atomic mass is 10.0. The molecular formula is C11H18N2O3. The number of nitrogens with two attached hydrogens (primary N) is 1. The number of esters is 1. The third kappa shape index (κ3) is 3.34. The summed E-state index contributed by atoms with van der Waals surface area (Å²) < 4.78 is 10.0. The second kappa shape index (κ2) is 5.65. The van der Waals surface area contributed by atoms with Crippen LogP contribution in [0.15, 0.2) is 10.6 Å². The quantitative estimate of drug-likeness (QED) is 0.776. The van der Waals surface area contributed by atoms with E-state index in [1.807, 2.05) is 0 Å². The van der Waals surface area contributed by atoms with E-state index < -0.39 is 5.97 Å².